The lowest BCUT2D eigenvalue weighted by Crippen LogP contribution is -2.36. The Morgan fingerprint density at radius 2 is 1.64 bits per heavy atom. The molecule has 0 saturated heterocycles. The van der Waals surface area contributed by atoms with Crippen LogP contribution in [0, 0.1) is 13.8 Å². The van der Waals surface area contributed by atoms with Crippen LogP contribution >= 0.6 is 15.9 Å². The van der Waals surface area contributed by atoms with E-state index in [0.717, 1.165) is 59.5 Å². The van der Waals surface area contributed by atoms with E-state index in [-0.39, 0.29) is 24.1 Å². The first-order chi connectivity index (χ1) is 18.8. The van der Waals surface area contributed by atoms with Gasteiger partial charge in [0.2, 0.25) is 0 Å². The fourth-order valence-corrected chi connectivity index (χ4v) is 6.33. The van der Waals surface area contributed by atoms with Crippen LogP contribution in [0.3, 0.4) is 0 Å². The van der Waals surface area contributed by atoms with Crippen LogP contribution in [0.4, 0.5) is 5.69 Å². The van der Waals surface area contributed by atoms with Gasteiger partial charge in [0.05, 0.1) is 11.1 Å². The molecule has 0 atom stereocenters. The van der Waals surface area contributed by atoms with Gasteiger partial charge in [-0.25, -0.2) is 0 Å². The summed E-state index contributed by atoms with van der Waals surface area (Å²) in [6.45, 7) is 6.00. The summed E-state index contributed by atoms with van der Waals surface area (Å²) in [5.74, 6) is 0.277. The molecular formula is C31H33BrN2O5. The molecule has 0 saturated carbocycles. The van der Waals surface area contributed by atoms with Gasteiger partial charge in [0, 0.05) is 47.0 Å². The zero-order valence-corrected chi connectivity index (χ0v) is 24.1. The van der Waals surface area contributed by atoms with Gasteiger partial charge in [0.15, 0.2) is 29.7 Å². The Morgan fingerprint density at radius 1 is 0.974 bits per heavy atom. The zero-order valence-electron chi connectivity index (χ0n) is 22.5. The quantitative estimate of drug-likeness (QED) is 0.398. The van der Waals surface area contributed by atoms with Gasteiger partial charge in [-0.2, -0.15) is 0 Å². The van der Waals surface area contributed by atoms with Gasteiger partial charge >= 0.3 is 0 Å². The molecule has 1 aliphatic heterocycles. The second kappa shape index (κ2) is 11.4. The van der Waals surface area contributed by atoms with Crippen LogP contribution in [0.5, 0.6) is 11.5 Å². The average molecular weight is 594 g/mol. The van der Waals surface area contributed by atoms with Gasteiger partial charge in [0.25, 0.3) is 5.91 Å². The molecule has 7 nitrogen and oxygen atoms in total. The number of ether oxygens (including phenoxy) is 2. The summed E-state index contributed by atoms with van der Waals surface area (Å²) < 4.78 is 12.5. The van der Waals surface area contributed by atoms with Crippen molar-refractivity contribution in [1.29, 1.82) is 0 Å². The predicted octanol–water partition coefficient (Wildman–Crippen LogP) is 6.18. The van der Waals surface area contributed by atoms with Crippen LogP contribution in [0.15, 0.2) is 57.3 Å². The molecule has 3 aliphatic rings. The summed E-state index contributed by atoms with van der Waals surface area (Å²) in [4.78, 5) is 39.1. The first-order valence-electron chi connectivity index (χ1n) is 13.5. The smallest absolute Gasteiger partial charge is 0.262 e. The number of amides is 1. The van der Waals surface area contributed by atoms with Crippen molar-refractivity contribution >= 4 is 39.1 Å². The summed E-state index contributed by atoms with van der Waals surface area (Å²) >= 11 is 3.62. The Morgan fingerprint density at radius 3 is 2.26 bits per heavy atom. The Kier molecular flexibility index (Phi) is 7.93. The Hall–Kier alpha value is -3.39. The molecule has 2 aliphatic carbocycles. The molecule has 5 rings (SSSR count). The van der Waals surface area contributed by atoms with E-state index in [1.54, 1.807) is 0 Å². The summed E-state index contributed by atoms with van der Waals surface area (Å²) in [7, 11) is 0. The van der Waals surface area contributed by atoms with Crippen molar-refractivity contribution in [2.75, 3.05) is 18.5 Å². The normalized spacial score (nSPS) is 17.4. The van der Waals surface area contributed by atoms with E-state index in [0.29, 0.717) is 46.6 Å². The number of Topliss-reactive ketones (excluding diaryl/α,β-unsaturated/α-hetero) is 2. The molecule has 0 bridgehead atoms. The number of hydrogen-bond donors (Lipinski definition) is 2. The Balaban J connectivity index is 1.46. The van der Waals surface area contributed by atoms with Gasteiger partial charge < -0.3 is 20.1 Å². The second-order valence-electron chi connectivity index (χ2n) is 10.3. The van der Waals surface area contributed by atoms with E-state index in [2.05, 4.69) is 26.6 Å². The SMILES string of the molecule is CCOc1cc(C2C3=C(CCCC3=O)NC3=C2C(=O)CCC3)cc(Br)c1OCC(=O)Nc1ccc(C)cc1C. The Labute approximate surface area is 237 Å². The van der Waals surface area contributed by atoms with Crippen molar-refractivity contribution in [3.63, 3.8) is 0 Å². The highest BCUT2D eigenvalue weighted by atomic mass is 79.9. The van der Waals surface area contributed by atoms with E-state index in [1.807, 2.05) is 51.1 Å². The topological polar surface area (TPSA) is 93.7 Å². The number of rotatable bonds is 7. The maximum absolute atomic E-state index is 13.2. The number of dihydropyridines is 1. The minimum atomic E-state index is -0.450. The molecule has 2 aromatic rings. The minimum absolute atomic E-state index is 0.0798. The molecule has 0 radical (unpaired) electrons. The Bertz CT molecular complexity index is 1380. The third-order valence-corrected chi connectivity index (χ3v) is 8.05. The molecule has 1 amide bonds. The van der Waals surface area contributed by atoms with Crippen LogP contribution < -0.4 is 20.1 Å². The third kappa shape index (κ3) is 5.53. The van der Waals surface area contributed by atoms with E-state index in [4.69, 9.17) is 9.47 Å². The van der Waals surface area contributed by atoms with Gasteiger partial charge in [-0.15, -0.1) is 0 Å². The molecule has 2 N–H and O–H groups in total. The second-order valence-corrected chi connectivity index (χ2v) is 11.2. The standard InChI is InChI=1S/C31H33BrN2O5/c1-4-38-26-15-19(14-20(32)31(26)39-16-27(37)34-21-12-11-17(2)13-18(21)3)28-29-22(7-5-9-24(29)35)33-23-8-6-10-25(36)30(23)28/h11-15,28,33H,4-10,16H2,1-3H3,(H,34,37). The first kappa shape index (κ1) is 27.2. The summed E-state index contributed by atoms with van der Waals surface area (Å²) in [5.41, 5.74) is 6.87. The molecule has 204 valence electrons. The molecule has 0 unspecified atom stereocenters. The lowest BCUT2D eigenvalue weighted by Gasteiger charge is -2.37. The summed E-state index contributed by atoms with van der Waals surface area (Å²) in [6, 6.07) is 9.57. The molecule has 39 heavy (non-hydrogen) atoms. The maximum atomic E-state index is 13.2. The van der Waals surface area contributed by atoms with Crippen molar-refractivity contribution in [2.24, 2.45) is 0 Å². The van der Waals surface area contributed by atoms with Gasteiger partial charge in [-0.05, 0) is 91.7 Å². The molecule has 0 fully saturated rings. The fourth-order valence-electron chi connectivity index (χ4n) is 5.75. The van der Waals surface area contributed by atoms with Crippen LogP contribution in [-0.2, 0) is 14.4 Å². The molecule has 8 heteroatoms. The monoisotopic (exact) mass is 592 g/mol. The molecule has 2 aromatic carbocycles. The van der Waals surface area contributed by atoms with Crippen LogP contribution in [-0.4, -0.2) is 30.7 Å². The van der Waals surface area contributed by atoms with Crippen molar-refractivity contribution in [2.45, 2.75) is 65.2 Å². The lowest BCUT2D eigenvalue weighted by molar-refractivity contribution is -0.118. The summed E-state index contributed by atoms with van der Waals surface area (Å²) in [5, 5.41) is 6.35. The number of carbonyl (C=O) groups excluding carboxylic acids is 3. The fraction of sp³-hybridized carbons (Fsp3) is 0.387. The van der Waals surface area contributed by atoms with E-state index < -0.39 is 5.92 Å². The number of halogens is 1. The number of benzene rings is 2. The van der Waals surface area contributed by atoms with Crippen molar-refractivity contribution in [3.05, 3.63) is 74.0 Å². The van der Waals surface area contributed by atoms with Crippen molar-refractivity contribution < 1.29 is 23.9 Å². The highest BCUT2D eigenvalue weighted by Gasteiger charge is 2.40. The van der Waals surface area contributed by atoms with Gasteiger partial charge in [-0.3, -0.25) is 14.4 Å². The molecule has 0 spiro atoms. The number of allylic oxidation sites excluding steroid dienone is 4. The largest absolute Gasteiger partial charge is 0.490 e. The van der Waals surface area contributed by atoms with Crippen molar-refractivity contribution in [3.8, 4) is 11.5 Å². The third-order valence-electron chi connectivity index (χ3n) is 7.46. The van der Waals surface area contributed by atoms with Crippen molar-refractivity contribution in [1.82, 2.24) is 5.32 Å². The van der Waals surface area contributed by atoms with E-state index >= 15 is 0 Å². The predicted molar refractivity (Wildman–Crippen MR) is 153 cm³/mol. The molecule has 0 aromatic heterocycles. The highest BCUT2D eigenvalue weighted by Crippen LogP contribution is 2.48. The first-order valence-corrected chi connectivity index (χ1v) is 14.3. The van der Waals surface area contributed by atoms with Gasteiger partial charge in [-0.1, -0.05) is 17.7 Å². The molecule has 1 heterocycles. The number of aryl methyl sites for hydroxylation is 2. The van der Waals surface area contributed by atoms with Crippen LogP contribution in [0.2, 0.25) is 0 Å². The summed E-state index contributed by atoms with van der Waals surface area (Å²) in [6.07, 6.45) is 4.14. The number of ketones is 2. The lowest BCUT2D eigenvalue weighted by atomic mass is 9.71. The average Bonchev–Trinajstić information content (AvgIpc) is 2.89. The number of anilines is 1. The van der Waals surface area contributed by atoms with Crippen LogP contribution in [0.1, 0.15) is 68.1 Å². The maximum Gasteiger partial charge on any atom is 0.262 e. The highest BCUT2D eigenvalue weighted by molar-refractivity contribution is 9.10. The minimum Gasteiger partial charge on any atom is -0.490 e. The molecular weight excluding hydrogens is 560 g/mol. The number of hydrogen-bond acceptors (Lipinski definition) is 6. The van der Waals surface area contributed by atoms with Crippen LogP contribution in [0.25, 0.3) is 0 Å². The van der Waals surface area contributed by atoms with E-state index in [9.17, 15) is 14.4 Å². The number of carbonyl (C=O) groups is 3. The number of nitrogens with one attached hydrogen (secondary N) is 2. The van der Waals surface area contributed by atoms with Gasteiger partial charge in [0.1, 0.15) is 0 Å². The van der Waals surface area contributed by atoms with E-state index in [1.165, 1.54) is 0 Å². The zero-order chi connectivity index (χ0) is 27.7.